The Morgan fingerprint density at radius 1 is 0.611 bits per heavy atom. The average molecular weight is 275 g/mol. The van der Waals surface area contributed by atoms with Crippen LogP contribution >= 0.6 is 23.2 Å². The third kappa shape index (κ3) is 3.49. The summed E-state index contributed by atoms with van der Waals surface area (Å²) in [6, 6.07) is 15.5. The first-order chi connectivity index (χ1) is 8.77. The number of rotatable bonds is 3. The number of benzene rings is 2. The Balaban J connectivity index is 2.08. The van der Waals surface area contributed by atoms with Gasteiger partial charge in [-0.25, -0.2) is 0 Å². The molecule has 0 nitrogen and oxygen atoms in total. The molecule has 0 heterocycles. The van der Waals surface area contributed by atoms with Gasteiger partial charge in [0.25, 0.3) is 0 Å². The van der Waals surface area contributed by atoms with E-state index in [-0.39, 0.29) is 0 Å². The highest BCUT2D eigenvalue weighted by molar-refractivity contribution is 6.32. The van der Waals surface area contributed by atoms with Crippen LogP contribution in [0.15, 0.2) is 60.7 Å². The van der Waals surface area contributed by atoms with Gasteiger partial charge < -0.3 is 0 Å². The summed E-state index contributed by atoms with van der Waals surface area (Å²) in [5, 5.41) is 1.50. The molecular formula is C16H12Cl2. The quantitative estimate of drug-likeness (QED) is 0.628. The minimum atomic E-state index is 0.750. The molecule has 0 saturated carbocycles. The summed E-state index contributed by atoms with van der Waals surface area (Å²) in [5.41, 5.74) is 2.01. The second kappa shape index (κ2) is 6.44. The monoisotopic (exact) mass is 274 g/mol. The van der Waals surface area contributed by atoms with Gasteiger partial charge in [-0.15, -0.1) is 0 Å². The first-order valence-corrected chi connectivity index (χ1v) is 6.37. The molecule has 0 radical (unpaired) electrons. The van der Waals surface area contributed by atoms with Gasteiger partial charge in [-0.1, -0.05) is 83.9 Å². The van der Waals surface area contributed by atoms with Gasteiger partial charge in [-0.2, -0.15) is 0 Å². The highest BCUT2D eigenvalue weighted by Gasteiger charge is 1.93. The normalized spacial score (nSPS) is 11.4. The molecule has 0 unspecified atom stereocenters. The Bertz CT molecular complexity index is 530. The van der Waals surface area contributed by atoms with E-state index in [9.17, 15) is 0 Å². The molecule has 90 valence electrons. The smallest absolute Gasteiger partial charge is 0.0478 e. The third-order valence-electron chi connectivity index (χ3n) is 2.47. The molecule has 2 aromatic rings. The van der Waals surface area contributed by atoms with Gasteiger partial charge in [0, 0.05) is 10.0 Å². The van der Waals surface area contributed by atoms with Crippen LogP contribution in [0.25, 0.3) is 12.2 Å². The summed E-state index contributed by atoms with van der Waals surface area (Å²) in [5.74, 6) is 0. The van der Waals surface area contributed by atoms with Gasteiger partial charge >= 0.3 is 0 Å². The maximum absolute atomic E-state index is 6.05. The largest absolute Gasteiger partial charge is 0.0837 e. The fourth-order valence-electron chi connectivity index (χ4n) is 1.54. The molecule has 0 spiro atoms. The molecule has 0 fully saturated rings. The van der Waals surface area contributed by atoms with Crippen molar-refractivity contribution in [2.75, 3.05) is 0 Å². The molecule has 18 heavy (non-hydrogen) atoms. The molecule has 0 N–H and O–H groups in total. The zero-order chi connectivity index (χ0) is 12.8. The maximum Gasteiger partial charge on any atom is 0.0478 e. The number of hydrogen-bond acceptors (Lipinski definition) is 0. The molecule has 2 rings (SSSR count). The van der Waals surface area contributed by atoms with E-state index in [2.05, 4.69) is 0 Å². The van der Waals surface area contributed by atoms with E-state index in [1.165, 1.54) is 0 Å². The van der Waals surface area contributed by atoms with Gasteiger partial charge in [-0.3, -0.25) is 0 Å². The molecule has 0 aliphatic rings. The summed E-state index contributed by atoms with van der Waals surface area (Å²) in [4.78, 5) is 0. The van der Waals surface area contributed by atoms with Crippen molar-refractivity contribution in [2.24, 2.45) is 0 Å². The molecule has 0 amide bonds. The molecule has 0 bridgehead atoms. The van der Waals surface area contributed by atoms with Crippen LogP contribution in [0.2, 0.25) is 10.0 Å². The zero-order valence-corrected chi connectivity index (χ0v) is 11.2. The number of halogens is 2. The van der Waals surface area contributed by atoms with E-state index in [1.807, 2.05) is 72.8 Å². The second-order valence-corrected chi connectivity index (χ2v) is 4.58. The lowest BCUT2D eigenvalue weighted by Crippen LogP contribution is -1.73. The molecule has 0 aliphatic carbocycles. The summed E-state index contributed by atoms with van der Waals surface area (Å²) in [7, 11) is 0. The minimum Gasteiger partial charge on any atom is -0.0837 e. The lowest BCUT2D eigenvalue weighted by Gasteiger charge is -1.96. The molecule has 2 heteroatoms. The van der Waals surface area contributed by atoms with Crippen LogP contribution in [0.4, 0.5) is 0 Å². The Kier molecular flexibility index (Phi) is 4.63. The molecule has 0 atom stereocenters. The van der Waals surface area contributed by atoms with Crippen LogP contribution in [-0.2, 0) is 0 Å². The molecule has 2 aromatic carbocycles. The highest BCUT2D eigenvalue weighted by Crippen LogP contribution is 2.18. The van der Waals surface area contributed by atoms with Gasteiger partial charge in [0.15, 0.2) is 0 Å². The first kappa shape index (κ1) is 12.9. The topological polar surface area (TPSA) is 0 Å². The van der Waals surface area contributed by atoms with Crippen molar-refractivity contribution < 1.29 is 0 Å². The second-order valence-electron chi connectivity index (χ2n) is 3.76. The van der Waals surface area contributed by atoms with Gasteiger partial charge in [0.05, 0.1) is 0 Å². The van der Waals surface area contributed by atoms with Crippen LogP contribution in [0.3, 0.4) is 0 Å². The molecule has 0 aliphatic heterocycles. The van der Waals surface area contributed by atoms with Crippen LogP contribution in [0, 0.1) is 0 Å². The molecule has 0 aromatic heterocycles. The van der Waals surface area contributed by atoms with Crippen molar-refractivity contribution in [2.45, 2.75) is 0 Å². The number of allylic oxidation sites excluding steroid dienone is 2. The lowest BCUT2D eigenvalue weighted by molar-refractivity contribution is 1.65. The van der Waals surface area contributed by atoms with E-state index >= 15 is 0 Å². The molecule has 0 saturated heterocycles. The summed E-state index contributed by atoms with van der Waals surface area (Å²) in [6.45, 7) is 0. The van der Waals surface area contributed by atoms with Crippen LogP contribution in [0.5, 0.6) is 0 Å². The van der Waals surface area contributed by atoms with Crippen molar-refractivity contribution in [1.82, 2.24) is 0 Å². The van der Waals surface area contributed by atoms with E-state index in [0.717, 1.165) is 21.2 Å². The van der Waals surface area contributed by atoms with E-state index in [0.29, 0.717) is 0 Å². The average Bonchev–Trinajstić information content (AvgIpc) is 2.38. The lowest BCUT2D eigenvalue weighted by atomic mass is 10.2. The fraction of sp³-hybridized carbons (Fsp3) is 0. The number of hydrogen-bond donors (Lipinski definition) is 0. The summed E-state index contributed by atoms with van der Waals surface area (Å²) >= 11 is 12.1. The van der Waals surface area contributed by atoms with Gasteiger partial charge in [0.2, 0.25) is 0 Å². The third-order valence-corrected chi connectivity index (χ3v) is 3.16. The van der Waals surface area contributed by atoms with Crippen molar-refractivity contribution in [3.05, 3.63) is 81.9 Å². The SMILES string of the molecule is Clc1ccccc1/C=C/C=C/c1ccccc1Cl. The Morgan fingerprint density at radius 2 is 1.00 bits per heavy atom. The molecular weight excluding hydrogens is 263 g/mol. The first-order valence-electron chi connectivity index (χ1n) is 5.61. The predicted octanol–water partition coefficient (Wildman–Crippen LogP) is 5.72. The Labute approximate surface area is 117 Å². The van der Waals surface area contributed by atoms with Crippen molar-refractivity contribution >= 4 is 35.4 Å². The Hall–Kier alpha value is -1.50. The zero-order valence-electron chi connectivity index (χ0n) is 9.68. The minimum absolute atomic E-state index is 0.750. The van der Waals surface area contributed by atoms with Crippen LogP contribution in [0.1, 0.15) is 11.1 Å². The van der Waals surface area contributed by atoms with Crippen LogP contribution in [-0.4, -0.2) is 0 Å². The van der Waals surface area contributed by atoms with Crippen LogP contribution < -0.4 is 0 Å². The van der Waals surface area contributed by atoms with Crippen molar-refractivity contribution in [3.8, 4) is 0 Å². The summed E-state index contributed by atoms with van der Waals surface area (Å²) < 4.78 is 0. The summed E-state index contributed by atoms with van der Waals surface area (Å²) in [6.07, 6.45) is 7.83. The maximum atomic E-state index is 6.05. The Morgan fingerprint density at radius 3 is 1.39 bits per heavy atom. The van der Waals surface area contributed by atoms with Crippen molar-refractivity contribution in [1.29, 1.82) is 0 Å². The van der Waals surface area contributed by atoms with Crippen molar-refractivity contribution in [3.63, 3.8) is 0 Å². The predicted molar refractivity (Wildman–Crippen MR) is 81.0 cm³/mol. The van der Waals surface area contributed by atoms with E-state index in [1.54, 1.807) is 0 Å². The fourth-order valence-corrected chi connectivity index (χ4v) is 1.94. The van der Waals surface area contributed by atoms with Gasteiger partial charge in [-0.05, 0) is 23.3 Å². The highest BCUT2D eigenvalue weighted by atomic mass is 35.5. The van der Waals surface area contributed by atoms with Gasteiger partial charge in [0.1, 0.15) is 0 Å². The van der Waals surface area contributed by atoms with E-state index in [4.69, 9.17) is 23.2 Å². The standard InChI is InChI=1S/C16H12Cl2/c17-15-11-5-3-9-13(15)7-1-2-8-14-10-4-6-12-16(14)18/h1-12H/b7-1+,8-2+. The van der Waals surface area contributed by atoms with E-state index < -0.39 is 0 Å².